The predicted molar refractivity (Wildman–Crippen MR) is 142 cm³/mol. The molecule has 1 aliphatic rings. The molecule has 1 aromatic carbocycles. The van der Waals surface area contributed by atoms with E-state index in [1.807, 2.05) is 18.2 Å². The number of carboxylic acid groups (broad SMARTS) is 1. The fourth-order valence-corrected chi connectivity index (χ4v) is 5.90. The molecule has 3 heterocycles. The van der Waals surface area contributed by atoms with Gasteiger partial charge in [-0.05, 0) is 82.1 Å². The molecule has 1 atom stereocenters. The van der Waals surface area contributed by atoms with E-state index in [1.54, 1.807) is 43.3 Å². The molecule has 0 aliphatic carbocycles. The lowest BCUT2D eigenvalue weighted by atomic mass is 9.74. The smallest absolute Gasteiger partial charge is 0.309 e. The quantitative estimate of drug-likeness (QED) is 0.225. The zero-order valence-corrected chi connectivity index (χ0v) is 21.9. The zero-order chi connectivity index (χ0) is 25.5. The molecule has 0 amide bonds. The summed E-state index contributed by atoms with van der Waals surface area (Å²) in [6, 6.07) is 11.2. The standard InChI is InChI=1S/C27H31ClFN3O3S/c1-35-19-6-7-23-20(17-19)25(21(28)18-31-23)22(29)8-9-27(26(33)34)10-14-32(15-11-27)13-4-16-36-24-5-2-3-12-30-24/h2-3,5-7,12,17-18,22H,4,8-11,13-16H2,1H3,(H,33,34)/t22-/m1/s1. The Balaban J connectivity index is 1.34. The predicted octanol–water partition coefficient (Wildman–Crippen LogP) is 6.43. The molecular formula is C27H31ClFN3O3S. The topological polar surface area (TPSA) is 75.6 Å². The number of nitrogens with zero attached hydrogens (tertiary/aromatic N) is 3. The molecular weight excluding hydrogens is 501 g/mol. The number of hydrogen-bond acceptors (Lipinski definition) is 6. The number of carboxylic acids is 1. The van der Waals surface area contributed by atoms with Crippen LogP contribution in [0.2, 0.25) is 5.02 Å². The number of fused-ring (bicyclic) bond motifs is 1. The summed E-state index contributed by atoms with van der Waals surface area (Å²) in [5, 5.41) is 11.9. The van der Waals surface area contributed by atoms with Gasteiger partial charge in [-0.25, -0.2) is 9.37 Å². The van der Waals surface area contributed by atoms with Crippen molar-refractivity contribution in [3.63, 3.8) is 0 Å². The third kappa shape index (κ3) is 6.28. The Labute approximate surface area is 220 Å². The van der Waals surface area contributed by atoms with E-state index in [0.717, 1.165) is 23.7 Å². The van der Waals surface area contributed by atoms with Gasteiger partial charge in [-0.15, -0.1) is 11.8 Å². The molecule has 0 bridgehead atoms. The van der Waals surface area contributed by atoms with Crippen LogP contribution in [-0.4, -0.2) is 58.4 Å². The van der Waals surface area contributed by atoms with Gasteiger partial charge in [0.1, 0.15) is 11.9 Å². The molecule has 192 valence electrons. The van der Waals surface area contributed by atoms with E-state index in [0.29, 0.717) is 48.1 Å². The number of pyridine rings is 2. The van der Waals surface area contributed by atoms with Crippen LogP contribution in [0.4, 0.5) is 4.39 Å². The van der Waals surface area contributed by atoms with Crippen LogP contribution in [0.3, 0.4) is 0 Å². The summed E-state index contributed by atoms with van der Waals surface area (Å²) in [5.41, 5.74) is 0.0561. The summed E-state index contributed by atoms with van der Waals surface area (Å²) in [4.78, 5) is 23.2. The molecule has 9 heteroatoms. The highest BCUT2D eigenvalue weighted by Crippen LogP contribution is 2.42. The molecule has 4 rings (SSSR count). The first-order chi connectivity index (χ1) is 17.4. The molecule has 3 aromatic rings. The largest absolute Gasteiger partial charge is 0.497 e. The number of piperidine rings is 1. The number of aromatic nitrogens is 2. The van der Waals surface area contributed by atoms with Gasteiger partial charge in [0.2, 0.25) is 0 Å². The number of carbonyl (C=O) groups is 1. The summed E-state index contributed by atoms with van der Waals surface area (Å²) in [6.07, 6.45) is 4.23. The highest BCUT2D eigenvalue weighted by atomic mass is 35.5. The number of thioether (sulfide) groups is 1. The van der Waals surface area contributed by atoms with E-state index >= 15 is 4.39 Å². The van der Waals surface area contributed by atoms with Crippen LogP contribution in [0, 0.1) is 5.41 Å². The van der Waals surface area contributed by atoms with E-state index in [1.165, 1.54) is 6.20 Å². The molecule has 6 nitrogen and oxygen atoms in total. The highest BCUT2D eigenvalue weighted by molar-refractivity contribution is 7.99. The molecule has 2 aromatic heterocycles. The SMILES string of the molecule is COc1ccc2ncc(Cl)c([C@H](F)CCC3(C(=O)O)CCN(CCCSc4ccccn4)CC3)c2c1. The molecule has 1 N–H and O–H groups in total. The number of aliphatic carboxylic acids is 1. The summed E-state index contributed by atoms with van der Waals surface area (Å²) < 4.78 is 20.9. The van der Waals surface area contributed by atoms with Gasteiger partial charge in [0.05, 0.1) is 28.1 Å². The van der Waals surface area contributed by atoms with Crippen molar-refractivity contribution in [2.45, 2.75) is 43.3 Å². The van der Waals surface area contributed by atoms with E-state index in [4.69, 9.17) is 16.3 Å². The van der Waals surface area contributed by atoms with Crippen molar-refractivity contribution in [3.05, 3.63) is 59.4 Å². The Hall–Kier alpha value is -2.42. The van der Waals surface area contributed by atoms with Gasteiger partial charge in [0.15, 0.2) is 0 Å². The molecule has 0 radical (unpaired) electrons. The third-order valence-corrected chi connectivity index (χ3v) is 8.36. The van der Waals surface area contributed by atoms with Gasteiger partial charge in [-0.2, -0.15) is 0 Å². The Bertz CT molecular complexity index is 1180. The molecule has 1 fully saturated rings. The van der Waals surface area contributed by atoms with Gasteiger partial charge < -0.3 is 14.7 Å². The lowest BCUT2D eigenvalue weighted by Crippen LogP contribution is -2.44. The molecule has 1 saturated heterocycles. The number of hydrogen-bond donors (Lipinski definition) is 1. The summed E-state index contributed by atoms with van der Waals surface area (Å²) in [5.74, 6) is 0.715. The van der Waals surface area contributed by atoms with Crippen LogP contribution < -0.4 is 4.74 Å². The first kappa shape index (κ1) is 26.6. The molecule has 1 aliphatic heterocycles. The minimum atomic E-state index is -1.40. The lowest BCUT2D eigenvalue weighted by Gasteiger charge is -2.39. The highest BCUT2D eigenvalue weighted by Gasteiger charge is 2.41. The second-order valence-corrected chi connectivity index (χ2v) is 10.7. The maximum absolute atomic E-state index is 15.6. The Morgan fingerprint density at radius 2 is 2.08 bits per heavy atom. The van der Waals surface area contributed by atoms with Crippen molar-refractivity contribution in [1.29, 1.82) is 0 Å². The Morgan fingerprint density at radius 1 is 1.28 bits per heavy atom. The first-order valence-electron chi connectivity index (χ1n) is 12.2. The molecule has 0 unspecified atom stereocenters. The summed E-state index contributed by atoms with van der Waals surface area (Å²) >= 11 is 8.09. The minimum Gasteiger partial charge on any atom is -0.497 e. The van der Waals surface area contributed by atoms with Crippen molar-refractivity contribution < 1.29 is 19.0 Å². The monoisotopic (exact) mass is 531 g/mol. The van der Waals surface area contributed by atoms with Crippen LogP contribution in [0.15, 0.2) is 53.8 Å². The molecule has 0 saturated carbocycles. The van der Waals surface area contributed by atoms with Gasteiger partial charge in [0.25, 0.3) is 0 Å². The van der Waals surface area contributed by atoms with Crippen molar-refractivity contribution >= 4 is 40.2 Å². The maximum Gasteiger partial charge on any atom is 0.309 e. The minimum absolute atomic E-state index is 0.0864. The van der Waals surface area contributed by atoms with E-state index in [9.17, 15) is 9.90 Å². The maximum atomic E-state index is 15.6. The van der Waals surface area contributed by atoms with Gasteiger partial charge in [-0.3, -0.25) is 9.78 Å². The normalized spacial score (nSPS) is 16.6. The summed E-state index contributed by atoms with van der Waals surface area (Å²) in [6.45, 7) is 2.32. The average molecular weight is 532 g/mol. The van der Waals surface area contributed by atoms with Crippen LogP contribution in [0.25, 0.3) is 10.9 Å². The number of alkyl halides is 1. The number of likely N-dealkylation sites (tertiary alicyclic amines) is 1. The number of rotatable bonds is 11. The third-order valence-electron chi connectivity index (χ3n) is 7.03. The van der Waals surface area contributed by atoms with Crippen molar-refractivity contribution in [3.8, 4) is 5.75 Å². The molecule has 36 heavy (non-hydrogen) atoms. The van der Waals surface area contributed by atoms with Crippen molar-refractivity contribution in [1.82, 2.24) is 14.9 Å². The molecule has 0 spiro atoms. The Kier molecular flexibility index (Phi) is 9.04. The second kappa shape index (κ2) is 12.2. The number of ether oxygens (including phenoxy) is 1. The van der Waals surface area contributed by atoms with E-state index in [2.05, 4.69) is 14.9 Å². The van der Waals surface area contributed by atoms with E-state index < -0.39 is 17.6 Å². The average Bonchev–Trinajstić information content (AvgIpc) is 2.90. The van der Waals surface area contributed by atoms with Crippen LogP contribution in [0.5, 0.6) is 5.75 Å². The van der Waals surface area contributed by atoms with Crippen LogP contribution in [0.1, 0.15) is 43.8 Å². The van der Waals surface area contributed by atoms with Crippen LogP contribution >= 0.6 is 23.4 Å². The van der Waals surface area contributed by atoms with Crippen molar-refractivity contribution in [2.75, 3.05) is 32.5 Å². The number of benzene rings is 1. The van der Waals surface area contributed by atoms with Gasteiger partial charge in [0, 0.05) is 29.1 Å². The Morgan fingerprint density at radius 3 is 2.78 bits per heavy atom. The number of methoxy groups -OCH3 is 1. The van der Waals surface area contributed by atoms with E-state index in [-0.39, 0.29) is 17.9 Å². The first-order valence-corrected chi connectivity index (χ1v) is 13.5. The van der Waals surface area contributed by atoms with Crippen molar-refractivity contribution in [2.24, 2.45) is 5.41 Å². The van der Waals surface area contributed by atoms with Gasteiger partial charge in [-0.1, -0.05) is 17.7 Å². The fourth-order valence-electron chi connectivity index (χ4n) is 4.83. The lowest BCUT2D eigenvalue weighted by molar-refractivity contribution is -0.153. The second-order valence-electron chi connectivity index (χ2n) is 9.21. The van der Waals surface area contributed by atoms with Crippen LogP contribution in [-0.2, 0) is 4.79 Å². The zero-order valence-electron chi connectivity index (χ0n) is 20.3. The van der Waals surface area contributed by atoms with Gasteiger partial charge >= 0.3 is 5.97 Å². The fraction of sp³-hybridized carbons (Fsp3) is 0.444. The number of halogens is 2. The summed E-state index contributed by atoms with van der Waals surface area (Å²) in [7, 11) is 1.55.